The minimum absolute atomic E-state index is 0.472. The summed E-state index contributed by atoms with van der Waals surface area (Å²) in [5.41, 5.74) is 2.74. The lowest BCUT2D eigenvalue weighted by Crippen LogP contribution is -1.98. The third-order valence-corrected chi connectivity index (χ3v) is 5.43. The smallest absolute Gasteiger partial charge is 0.204 e. The molecule has 5 nitrogen and oxygen atoms in total. The number of imidazole rings is 1. The highest BCUT2D eigenvalue weighted by molar-refractivity contribution is 7.22. The highest BCUT2D eigenvalue weighted by Gasteiger charge is 2.25. The predicted octanol–water partition coefficient (Wildman–Crippen LogP) is 4.30. The van der Waals surface area contributed by atoms with Gasteiger partial charge in [0.05, 0.1) is 16.3 Å². The van der Waals surface area contributed by atoms with E-state index in [9.17, 15) is 0 Å². The molecule has 0 saturated heterocycles. The fourth-order valence-electron chi connectivity index (χ4n) is 3.05. The molecule has 0 saturated carbocycles. The lowest BCUT2D eigenvalue weighted by atomic mass is 10.2. The average Bonchev–Trinajstić information content (AvgIpc) is 3.27. The van der Waals surface area contributed by atoms with Crippen molar-refractivity contribution < 1.29 is 0 Å². The van der Waals surface area contributed by atoms with Gasteiger partial charge in [-0.2, -0.15) is 0 Å². The summed E-state index contributed by atoms with van der Waals surface area (Å²) >= 11 is 7.83. The normalized spacial score (nSPS) is 13.2. The van der Waals surface area contributed by atoms with Gasteiger partial charge in [-0.1, -0.05) is 17.7 Å². The number of thiophene rings is 1. The van der Waals surface area contributed by atoms with Gasteiger partial charge in [-0.3, -0.25) is 4.98 Å². The van der Waals surface area contributed by atoms with E-state index in [0.29, 0.717) is 5.15 Å². The van der Waals surface area contributed by atoms with Crippen LogP contribution in [-0.2, 0) is 6.54 Å². The molecule has 7 heteroatoms. The zero-order valence-electron chi connectivity index (χ0n) is 12.5. The second kappa shape index (κ2) is 5.29. The summed E-state index contributed by atoms with van der Waals surface area (Å²) in [7, 11) is 0. The van der Waals surface area contributed by atoms with Crippen LogP contribution in [0.25, 0.3) is 32.0 Å². The molecule has 118 valence electrons. The van der Waals surface area contributed by atoms with E-state index in [1.54, 1.807) is 17.4 Å². The molecule has 1 aliphatic heterocycles. The Kier molecular flexibility index (Phi) is 3.08. The standard InChI is InChI=1S/C17H12ClN5S/c18-14-3-1-2-11(21-14)15-16(23-7-6-20-17(23)22-15)13-8-10-9-19-5-4-12(10)24-13/h1-5,8-9H,6-7H2,(H,20,22). The number of hydrogen-bond acceptors (Lipinski definition) is 5. The maximum Gasteiger partial charge on any atom is 0.204 e. The van der Waals surface area contributed by atoms with Crippen molar-refractivity contribution in [1.29, 1.82) is 0 Å². The van der Waals surface area contributed by atoms with Crippen LogP contribution in [0.5, 0.6) is 0 Å². The molecule has 0 spiro atoms. The van der Waals surface area contributed by atoms with Crippen LogP contribution in [0.2, 0.25) is 5.15 Å². The molecule has 0 fully saturated rings. The van der Waals surface area contributed by atoms with Gasteiger partial charge < -0.3 is 9.88 Å². The average molecular weight is 354 g/mol. The van der Waals surface area contributed by atoms with E-state index in [1.165, 1.54) is 4.70 Å². The molecule has 4 aromatic heterocycles. The zero-order valence-corrected chi connectivity index (χ0v) is 14.1. The number of fused-ring (bicyclic) bond motifs is 2. The van der Waals surface area contributed by atoms with E-state index < -0.39 is 0 Å². The van der Waals surface area contributed by atoms with Crippen LogP contribution < -0.4 is 5.32 Å². The van der Waals surface area contributed by atoms with Crippen LogP contribution in [0.4, 0.5) is 5.95 Å². The van der Waals surface area contributed by atoms with Crippen LogP contribution in [-0.4, -0.2) is 26.1 Å². The maximum absolute atomic E-state index is 6.08. The molecule has 0 unspecified atom stereocenters. The Bertz CT molecular complexity index is 1030. The van der Waals surface area contributed by atoms with Crippen LogP contribution in [0.1, 0.15) is 0 Å². The number of aromatic nitrogens is 4. The van der Waals surface area contributed by atoms with Crippen molar-refractivity contribution in [3.63, 3.8) is 0 Å². The Morgan fingerprint density at radius 2 is 2.17 bits per heavy atom. The first-order valence-corrected chi connectivity index (χ1v) is 8.80. The molecule has 5 heterocycles. The molecule has 4 aromatic rings. The minimum Gasteiger partial charge on any atom is -0.354 e. The summed E-state index contributed by atoms with van der Waals surface area (Å²) in [5.74, 6) is 0.886. The van der Waals surface area contributed by atoms with Gasteiger partial charge in [-0.05, 0) is 24.3 Å². The summed E-state index contributed by atoms with van der Waals surface area (Å²) < 4.78 is 3.43. The summed E-state index contributed by atoms with van der Waals surface area (Å²) in [6.07, 6.45) is 3.72. The van der Waals surface area contributed by atoms with Crippen molar-refractivity contribution in [2.75, 3.05) is 11.9 Å². The lowest BCUT2D eigenvalue weighted by molar-refractivity contribution is 0.818. The third-order valence-electron chi connectivity index (χ3n) is 4.09. The quantitative estimate of drug-likeness (QED) is 0.546. The number of pyridine rings is 2. The zero-order chi connectivity index (χ0) is 16.1. The molecule has 0 aromatic carbocycles. The van der Waals surface area contributed by atoms with Gasteiger partial charge in [0.1, 0.15) is 10.8 Å². The molecule has 5 rings (SSSR count). The summed E-state index contributed by atoms with van der Waals surface area (Å²) in [4.78, 5) is 14.6. The van der Waals surface area contributed by atoms with Gasteiger partial charge in [0.25, 0.3) is 0 Å². The van der Waals surface area contributed by atoms with Crippen molar-refractivity contribution in [2.24, 2.45) is 0 Å². The van der Waals surface area contributed by atoms with Crippen molar-refractivity contribution in [1.82, 2.24) is 19.5 Å². The summed E-state index contributed by atoms with van der Waals surface area (Å²) in [6.45, 7) is 1.79. The minimum atomic E-state index is 0.472. The number of hydrogen-bond donors (Lipinski definition) is 1. The van der Waals surface area contributed by atoms with Gasteiger partial charge >= 0.3 is 0 Å². The molecule has 1 N–H and O–H groups in total. The Hall–Kier alpha value is -2.44. The molecule has 0 amide bonds. The van der Waals surface area contributed by atoms with Crippen LogP contribution in [0, 0.1) is 0 Å². The van der Waals surface area contributed by atoms with Crippen LogP contribution in [0.15, 0.2) is 42.7 Å². The van der Waals surface area contributed by atoms with E-state index in [0.717, 1.165) is 46.4 Å². The Balaban J connectivity index is 1.77. The van der Waals surface area contributed by atoms with E-state index in [2.05, 4.69) is 25.9 Å². The number of rotatable bonds is 2. The fraction of sp³-hybridized carbons (Fsp3) is 0.118. The first kappa shape index (κ1) is 13.9. The van der Waals surface area contributed by atoms with Crippen molar-refractivity contribution >= 4 is 39.0 Å². The topological polar surface area (TPSA) is 55.6 Å². The number of nitrogens with zero attached hydrogens (tertiary/aromatic N) is 4. The van der Waals surface area contributed by atoms with Gasteiger partial charge in [0.2, 0.25) is 5.95 Å². The highest BCUT2D eigenvalue weighted by atomic mass is 35.5. The molecule has 0 radical (unpaired) electrons. The number of nitrogens with one attached hydrogen (secondary N) is 1. The summed E-state index contributed by atoms with van der Waals surface area (Å²) in [5, 5.41) is 4.95. The Morgan fingerprint density at radius 1 is 1.21 bits per heavy atom. The molecule has 0 atom stereocenters. The maximum atomic E-state index is 6.08. The second-order valence-corrected chi connectivity index (χ2v) is 7.05. The predicted molar refractivity (Wildman–Crippen MR) is 97.6 cm³/mol. The molecule has 24 heavy (non-hydrogen) atoms. The SMILES string of the molecule is Clc1cccc(-c2nc3n(c2-c2cc4cnccc4s2)CCN3)n1. The van der Waals surface area contributed by atoms with Crippen molar-refractivity contribution in [3.05, 3.63) is 47.9 Å². The lowest BCUT2D eigenvalue weighted by Gasteiger charge is -2.05. The highest BCUT2D eigenvalue weighted by Crippen LogP contribution is 2.40. The van der Waals surface area contributed by atoms with Gasteiger partial charge in [-0.15, -0.1) is 11.3 Å². The second-order valence-electron chi connectivity index (χ2n) is 5.58. The number of halogens is 1. The van der Waals surface area contributed by atoms with Gasteiger partial charge in [0.15, 0.2) is 0 Å². The van der Waals surface area contributed by atoms with Crippen LogP contribution in [0.3, 0.4) is 0 Å². The van der Waals surface area contributed by atoms with E-state index >= 15 is 0 Å². The van der Waals surface area contributed by atoms with Gasteiger partial charge in [-0.25, -0.2) is 9.97 Å². The van der Waals surface area contributed by atoms with E-state index in [4.69, 9.17) is 16.6 Å². The fourth-order valence-corrected chi connectivity index (χ4v) is 4.30. The first-order valence-electron chi connectivity index (χ1n) is 7.61. The summed E-state index contributed by atoms with van der Waals surface area (Å²) in [6, 6.07) is 9.84. The Labute approximate surface area is 147 Å². The monoisotopic (exact) mass is 353 g/mol. The van der Waals surface area contributed by atoms with E-state index in [-0.39, 0.29) is 0 Å². The molecular weight excluding hydrogens is 342 g/mol. The van der Waals surface area contributed by atoms with Crippen molar-refractivity contribution in [2.45, 2.75) is 6.54 Å². The number of anilines is 1. The first-order chi connectivity index (χ1) is 11.8. The molecule has 1 aliphatic rings. The third kappa shape index (κ3) is 2.11. The van der Waals surface area contributed by atoms with Crippen molar-refractivity contribution in [3.8, 4) is 22.0 Å². The molecule has 0 aliphatic carbocycles. The Morgan fingerprint density at radius 3 is 3.04 bits per heavy atom. The van der Waals surface area contributed by atoms with E-state index in [1.807, 2.05) is 30.6 Å². The molecule has 0 bridgehead atoms. The van der Waals surface area contributed by atoms with Crippen LogP contribution >= 0.6 is 22.9 Å². The largest absolute Gasteiger partial charge is 0.354 e. The van der Waals surface area contributed by atoms with Gasteiger partial charge in [0, 0.05) is 35.6 Å². The molecular formula is C17H12ClN5S.